The third-order valence-corrected chi connectivity index (χ3v) is 6.62. The molecule has 0 aliphatic carbocycles. The number of carbonyl (C=O) groups is 1. The zero-order valence-electron chi connectivity index (χ0n) is 16.6. The summed E-state index contributed by atoms with van der Waals surface area (Å²) in [7, 11) is -4.50. The Bertz CT molecular complexity index is 1280. The highest BCUT2D eigenvalue weighted by molar-refractivity contribution is 7.90. The predicted octanol–water partition coefficient (Wildman–Crippen LogP) is 4.40. The van der Waals surface area contributed by atoms with E-state index in [1.165, 1.54) is 24.3 Å². The summed E-state index contributed by atoms with van der Waals surface area (Å²) in [6.45, 7) is 1.54. The van der Waals surface area contributed by atoms with Gasteiger partial charge in [0.2, 0.25) is 0 Å². The normalized spacial score (nSPS) is 14.4. The second kappa shape index (κ2) is 8.12. The molecule has 1 N–H and O–H groups in total. The fraction of sp³-hybridized carbons (Fsp3) is 0.286. The van der Waals surface area contributed by atoms with Gasteiger partial charge in [-0.2, -0.15) is 13.2 Å². The van der Waals surface area contributed by atoms with Gasteiger partial charge in [-0.25, -0.2) is 17.5 Å². The molecule has 2 heterocycles. The van der Waals surface area contributed by atoms with Crippen LogP contribution in [0.15, 0.2) is 51.8 Å². The Labute approximate surface area is 180 Å². The molecule has 0 saturated carbocycles. The number of furan rings is 1. The van der Waals surface area contributed by atoms with Gasteiger partial charge >= 0.3 is 12.1 Å². The lowest BCUT2D eigenvalue weighted by Crippen LogP contribution is -2.36. The molecular formula is C21H18F4N2O4S. The first-order valence-electron chi connectivity index (χ1n) is 9.73. The van der Waals surface area contributed by atoms with E-state index in [-0.39, 0.29) is 16.5 Å². The molecule has 11 heteroatoms. The molecular weight excluding hydrogens is 452 g/mol. The Morgan fingerprint density at radius 1 is 1.12 bits per heavy atom. The fourth-order valence-electron chi connectivity index (χ4n) is 3.43. The van der Waals surface area contributed by atoms with E-state index in [9.17, 15) is 30.8 Å². The summed E-state index contributed by atoms with van der Waals surface area (Å²) in [6, 6.07) is 9.07. The van der Waals surface area contributed by atoms with Gasteiger partial charge in [0.15, 0.2) is 5.76 Å². The van der Waals surface area contributed by atoms with E-state index in [4.69, 9.17) is 4.42 Å². The second-order valence-corrected chi connectivity index (χ2v) is 9.10. The van der Waals surface area contributed by atoms with Crippen molar-refractivity contribution in [3.63, 3.8) is 0 Å². The summed E-state index contributed by atoms with van der Waals surface area (Å²) in [5.41, 5.74) is 0.591. The van der Waals surface area contributed by atoms with Crippen LogP contribution in [0.3, 0.4) is 0 Å². The number of hydrogen-bond donors (Lipinski definition) is 1. The van der Waals surface area contributed by atoms with Crippen molar-refractivity contribution in [2.24, 2.45) is 0 Å². The molecule has 3 aromatic rings. The highest BCUT2D eigenvalue weighted by Gasteiger charge is 2.29. The molecule has 6 nitrogen and oxygen atoms in total. The number of halogens is 4. The van der Waals surface area contributed by atoms with E-state index in [0.717, 1.165) is 31.6 Å². The van der Waals surface area contributed by atoms with Gasteiger partial charge in [-0.15, -0.1) is 0 Å². The minimum atomic E-state index is -4.50. The average molecular weight is 470 g/mol. The van der Waals surface area contributed by atoms with E-state index < -0.39 is 51.4 Å². The SMILES string of the molecule is O=C(NS(=O)(=O)c1ccccc1CCC(F)(F)F)c1cc2c(F)cc(N3CCC3)cc2o1. The van der Waals surface area contributed by atoms with Crippen molar-refractivity contribution in [2.75, 3.05) is 18.0 Å². The maximum absolute atomic E-state index is 14.5. The maximum atomic E-state index is 14.5. The van der Waals surface area contributed by atoms with Gasteiger partial charge in [0.05, 0.1) is 10.3 Å². The van der Waals surface area contributed by atoms with E-state index in [1.807, 2.05) is 4.90 Å². The molecule has 1 aliphatic heterocycles. The summed E-state index contributed by atoms with van der Waals surface area (Å²) in [6.07, 6.45) is -5.26. The molecule has 0 atom stereocenters. The highest BCUT2D eigenvalue weighted by Crippen LogP contribution is 2.30. The quantitative estimate of drug-likeness (QED) is 0.541. The second-order valence-electron chi connectivity index (χ2n) is 7.45. The third kappa shape index (κ3) is 4.57. The molecule has 2 aromatic carbocycles. The number of amides is 1. The van der Waals surface area contributed by atoms with E-state index >= 15 is 0 Å². The van der Waals surface area contributed by atoms with Gasteiger partial charge in [-0.1, -0.05) is 18.2 Å². The van der Waals surface area contributed by atoms with Gasteiger partial charge < -0.3 is 9.32 Å². The van der Waals surface area contributed by atoms with Crippen molar-refractivity contribution >= 4 is 32.6 Å². The van der Waals surface area contributed by atoms with Crippen LogP contribution in [0.25, 0.3) is 11.0 Å². The number of hydrogen-bond acceptors (Lipinski definition) is 5. The average Bonchev–Trinajstić information content (AvgIpc) is 3.09. The van der Waals surface area contributed by atoms with E-state index in [1.54, 1.807) is 10.8 Å². The van der Waals surface area contributed by atoms with Crippen LogP contribution < -0.4 is 9.62 Å². The number of fused-ring (bicyclic) bond motifs is 1. The molecule has 1 saturated heterocycles. The maximum Gasteiger partial charge on any atom is 0.389 e. The lowest BCUT2D eigenvalue weighted by molar-refractivity contribution is -0.134. The number of carbonyl (C=O) groups excluding carboxylic acids is 1. The number of aryl methyl sites for hydroxylation is 1. The van der Waals surface area contributed by atoms with Crippen LogP contribution in [0.1, 0.15) is 29.0 Å². The molecule has 0 unspecified atom stereocenters. The van der Waals surface area contributed by atoms with Crippen LogP contribution >= 0.6 is 0 Å². The van der Waals surface area contributed by atoms with Gasteiger partial charge in [-0.3, -0.25) is 4.79 Å². The summed E-state index contributed by atoms with van der Waals surface area (Å²) < 4.78 is 84.7. The number of rotatable bonds is 6. The molecule has 0 bridgehead atoms. The van der Waals surface area contributed by atoms with Crippen LogP contribution in [0.4, 0.5) is 23.2 Å². The Hall–Kier alpha value is -3.08. The summed E-state index contributed by atoms with van der Waals surface area (Å²) in [5.74, 6) is -2.21. The number of nitrogens with zero attached hydrogens (tertiary/aromatic N) is 1. The molecule has 1 aliphatic rings. The summed E-state index contributed by atoms with van der Waals surface area (Å²) in [4.78, 5) is 14.0. The van der Waals surface area contributed by atoms with Crippen molar-refractivity contribution in [2.45, 2.75) is 30.3 Å². The number of alkyl halides is 3. The van der Waals surface area contributed by atoms with Gasteiger partial charge in [0.1, 0.15) is 11.4 Å². The van der Waals surface area contributed by atoms with Gasteiger partial charge in [0, 0.05) is 37.3 Å². The van der Waals surface area contributed by atoms with Crippen molar-refractivity contribution in [3.8, 4) is 0 Å². The molecule has 1 amide bonds. The fourth-order valence-corrected chi connectivity index (χ4v) is 4.66. The topological polar surface area (TPSA) is 79.6 Å². The third-order valence-electron chi connectivity index (χ3n) is 5.18. The molecule has 32 heavy (non-hydrogen) atoms. The smallest absolute Gasteiger partial charge is 0.389 e. The van der Waals surface area contributed by atoms with Gasteiger partial charge in [-0.05, 0) is 30.5 Å². The van der Waals surface area contributed by atoms with Crippen LogP contribution in [-0.4, -0.2) is 33.6 Å². The monoisotopic (exact) mass is 470 g/mol. The first-order chi connectivity index (χ1) is 15.0. The van der Waals surface area contributed by atoms with Crippen LogP contribution in [-0.2, 0) is 16.4 Å². The summed E-state index contributed by atoms with van der Waals surface area (Å²) >= 11 is 0. The minimum absolute atomic E-state index is 0.0161. The number of benzene rings is 2. The van der Waals surface area contributed by atoms with Crippen LogP contribution in [0.2, 0.25) is 0 Å². The lowest BCUT2D eigenvalue weighted by atomic mass is 10.1. The number of anilines is 1. The standard InChI is InChI=1S/C21H18F4N2O4S/c22-16-10-14(27-8-3-9-27)11-17-15(16)12-18(31-17)20(28)26-32(29,30)19-5-2-1-4-13(19)6-7-21(23,24)25/h1-2,4-5,10-12H,3,6-9H2,(H,26,28). The van der Waals surface area contributed by atoms with E-state index in [2.05, 4.69) is 0 Å². The lowest BCUT2D eigenvalue weighted by Gasteiger charge is -2.33. The Morgan fingerprint density at radius 3 is 2.50 bits per heavy atom. The van der Waals surface area contributed by atoms with E-state index in [0.29, 0.717) is 5.69 Å². The molecule has 1 aromatic heterocycles. The number of nitrogens with one attached hydrogen (secondary N) is 1. The zero-order valence-corrected chi connectivity index (χ0v) is 17.4. The van der Waals surface area contributed by atoms with Crippen molar-refractivity contribution in [1.29, 1.82) is 0 Å². The van der Waals surface area contributed by atoms with Crippen molar-refractivity contribution < 1.29 is 35.2 Å². The van der Waals surface area contributed by atoms with Crippen LogP contribution in [0.5, 0.6) is 0 Å². The predicted molar refractivity (Wildman–Crippen MR) is 108 cm³/mol. The first-order valence-corrected chi connectivity index (χ1v) is 11.2. The molecule has 0 spiro atoms. The minimum Gasteiger partial charge on any atom is -0.451 e. The largest absolute Gasteiger partial charge is 0.451 e. The molecule has 1 fully saturated rings. The molecule has 0 radical (unpaired) electrons. The van der Waals surface area contributed by atoms with Crippen molar-refractivity contribution in [1.82, 2.24) is 4.72 Å². The van der Waals surface area contributed by atoms with Gasteiger partial charge in [0.25, 0.3) is 10.0 Å². The number of sulfonamides is 1. The summed E-state index contributed by atoms with van der Waals surface area (Å²) in [5, 5.41) is 0.0161. The molecule has 170 valence electrons. The van der Waals surface area contributed by atoms with Crippen molar-refractivity contribution in [3.05, 3.63) is 59.6 Å². The zero-order chi connectivity index (χ0) is 23.1. The van der Waals surface area contributed by atoms with Crippen LogP contribution in [0, 0.1) is 5.82 Å². The Morgan fingerprint density at radius 2 is 1.84 bits per heavy atom. The highest BCUT2D eigenvalue weighted by atomic mass is 32.2. The first kappa shape index (κ1) is 22.1. The molecule has 4 rings (SSSR count). The Kier molecular flexibility index (Phi) is 5.61. The Balaban J connectivity index is 1.58.